The number of aliphatic carboxylic acids is 2. The van der Waals surface area contributed by atoms with Crippen LogP contribution in [0, 0.1) is 0 Å². The first-order valence-electron chi connectivity index (χ1n) is 4.63. The molecule has 0 aliphatic rings. The first kappa shape index (κ1) is 15.4. The van der Waals surface area contributed by atoms with Crippen molar-refractivity contribution in [2.45, 2.75) is 6.92 Å². The Hall–Kier alpha value is -2.57. The van der Waals surface area contributed by atoms with Crippen molar-refractivity contribution in [2.24, 2.45) is 0 Å². The second-order valence-electron chi connectivity index (χ2n) is 3.05. The quantitative estimate of drug-likeness (QED) is 0.527. The first-order chi connectivity index (χ1) is 8.29. The molecule has 7 heteroatoms. The molecule has 7 nitrogen and oxygen atoms in total. The Morgan fingerprint density at radius 3 is 1.94 bits per heavy atom. The van der Waals surface area contributed by atoms with Crippen molar-refractivity contribution < 1.29 is 34.4 Å². The van der Waals surface area contributed by atoms with Gasteiger partial charge >= 0.3 is 11.9 Å². The minimum Gasteiger partial charge on any atom is -0.504 e. The van der Waals surface area contributed by atoms with E-state index in [1.54, 1.807) is 6.07 Å². The number of phenols is 1. The number of carbonyl (C=O) groups is 3. The second-order valence-corrected chi connectivity index (χ2v) is 3.05. The minimum absolute atomic E-state index is 0.0440. The van der Waals surface area contributed by atoms with Crippen LogP contribution in [0.1, 0.15) is 17.3 Å². The van der Waals surface area contributed by atoms with Crippen molar-refractivity contribution >= 4 is 17.7 Å². The fourth-order valence-electron chi connectivity index (χ4n) is 0.897. The molecule has 0 heterocycles. The van der Waals surface area contributed by atoms with Gasteiger partial charge in [0.25, 0.3) is 0 Å². The topological polar surface area (TPSA) is 121 Å². The van der Waals surface area contributed by atoms with Crippen LogP contribution in [0.15, 0.2) is 18.2 Å². The van der Waals surface area contributed by atoms with E-state index in [0.717, 1.165) is 0 Å². The maximum absolute atomic E-state index is 10.9. The van der Waals surface area contributed by atoms with E-state index in [1.807, 2.05) is 0 Å². The molecule has 0 saturated heterocycles. The summed E-state index contributed by atoms with van der Waals surface area (Å²) in [7, 11) is 1.44. The summed E-state index contributed by atoms with van der Waals surface area (Å²) in [6, 6.07) is 4.51. The van der Waals surface area contributed by atoms with Crippen LogP contribution in [0.3, 0.4) is 0 Å². The molecule has 0 saturated carbocycles. The minimum atomic E-state index is -1.82. The largest absolute Gasteiger partial charge is 0.504 e. The molecule has 0 aliphatic heterocycles. The zero-order valence-corrected chi connectivity index (χ0v) is 9.71. The Morgan fingerprint density at radius 2 is 1.61 bits per heavy atom. The van der Waals surface area contributed by atoms with Gasteiger partial charge in [0, 0.05) is 5.56 Å². The molecule has 1 rings (SSSR count). The van der Waals surface area contributed by atoms with E-state index >= 15 is 0 Å². The van der Waals surface area contributed by atoms with Crippen molar-refractivity contribution in [1.82, 2.24) is 0 Å². The number of benzene rings is 1. The zero-order chi connectivity index (χ0) is 14.3. The molecule has 0 aromatic heterocycles. The molecule has 1 aromatic rings. The van der Waals surface area contributed by atoms with Gasteiger partial charge in [-0.15, -0.1) is 0 Å². The maximum Gasteiger partial charge on any atom is 0.414 e. The molecule has 0 atom stereocenters. The number of carboxylic acid groups (broad SMARTS) is 2. The van der Waals surface area contributed by atoms with E-state index in [1.165, 1.54) is 26.2 Å². The summed E-state index contributed by atoms with van der Waals surface area (Å²) in [5, 5.41) is 24.0. The normalized spacial score (nSPS) is 8.78. The Balaban J connectivity index is 0.000000411. The summed E-state index contributed by atoms with van der Waals surface area (Å²) in [6.07, 6.45) is 0. The van der Waals surface area contributed by atoms with Crippen LogP contribution in [0.25, 0.3) is 0 Å². The van der Waals surface area contributed by atoms with Gasteiger partial charge in [0.05, 0.1) is 7.11 Å². The van der Waals surface area contributed by atoms with Gasteiger partial charge < -0.3 is 20.1 Å². The van der Waals surface area contributed by atoms with Crippen molar-refractivity contribution in [3.05, 3.63) is 23.8 Å². The molecule has 0 unspecified atom stereocenters. The van der Waals surface area contributed by atoms with Gasteiger partial charge in [0.1, 0.15) is 0 Å². The molecule has 1 aromatic carbocycles. The molecule has 18 heavy (non-hydrogen) atoms. The van der Waals surface area contributed by atoms with Gasteiger partial charge in [-0.05, 0) is 25.1 Å². The number of methoxy groups -OCH3 is 1. The summed E-state index contributed by atoms with van der Waals surface area (Å²) in [4.78, 5) is 29.1. The fourth-order valence-corrected chi connectivity index (χ4v) is 0.897. The highest BCUT2D eigenvalue weighted by Gasteiger charge is 2.05. The smallest absolute Gasteiger partial charge is 0.414 e. The summed E-state index contributed by atoms with van der Waals surface area (Å²) in [6.45, 7) is 1.46. The van der Waals surface area contributed by atoms with Gasteiger partial charge in [-0.3, -0.25) is 4.79 Å². The molecule has 0 fully saturated rings. The molecule has 0 amide bonds. The van der Waals surface area contributed by atoms with E-state index in [4.69, 9.17) is 24.5 Å². The van der Waals surface area contributed by atoms with E-state index in [9.17, 15) is 9.90 Å². The molecule has 0 bridgehead atoms. The predicted octanol–water partition coefficient (Wildman–Crippen LogP) is 0.759. The lowest BCUT2D eigenvalue weighted by molar-refractivity contribution is -0.159. The average molecular weight is 256 g/mol. The molecule has 0 aliphatic carbocycles. The molecule has 0 spiro atoms. The number of rotatable bonds is 2. The molecule has 98 valence electrons. The van der Waals surface area contributed by atoms with Gasteiger partial charge in [0.2, 0.25) is 0 Å². The number of Topliss-reactive ketones (excluding diaryl/α,β-unsaturated/α-hetero) is 1. The van der Waals surface area contributed by atoms with E-state index < -0.39 is 11.9 Å². The third kappa shape index (κ3) is 4.97. The van der Waals surface area contributed by atoms with Crippen molar-refractivity contribution in [3.63, 3.8) is 0 Å². The summed E-state index contributed by atoms with van der Waals surface area (Å²) < 4.78 is 4.83. The van der Waals surface area contributed by atoms with Crippen LogP contribution >= 0.6 is 0 Å². The highest BCUT2D eigenvalue weighted by Crippen LogP contribution is 2.26. The van der Waals surface area contributed by atoms with Crippen LogP contribution < -0.4 is 4.74 Å². The van der Waals surface area contributed by atoms with Gasteiger partial charge in [-0.2, -0.15) is 0 Å². The third-order valence-corrected chi connectivity index (χ3v) is 1.77. The predicted molar refractivity (Wildman–Crippen MR) is 59.9 cm³/mol. The monoisotopic (exact) mass is 256 g/mol. The number of ketones is 1. The fraction of sp³-hybridized carbons (Fsp3) is 0.182. The lowest BCUT2D eigenvalue weighted by atomic mass is 10.1. The van der Waals surface area contributed by atoms with Crippen LogP contribution in [-0.4, -0.2) is 40.2 Å². The number of hydrogen-bond donors (Lipinski definition) is 3. The van der Waals surface area contributed by atoms with Gasteiger partial charge in [-0.25, -0.2) is 9.59 Å². The Labute approximate surface area is 102 Å². The molecule has 3 N–H and O–H groups in total. The Bertz CT molecular complexity index is 452. The Morgan fingerprint density at radius 1 is 1.11 bits per heavy atom. The Kier molecular flexibility index (Phi) is 5.91. The number of hydrogen-bond acceptors (Lipinski definition) is 5. The van der Waals surface area contributed by atoms with Crippen molar-refractivity contribution in [1.29, 1.82) is 0 Å². The summed E-state index contributed by atoms with van der Waals surface area (Å²) in [5.41, 5.74) is 0.532. The number of carboxylic acids is 2. The first-order valence-corrected chi connectivity index (χ1v) is 4.63. The number of aromatic hydroxyl groups is 1. The van der Waals surface area contributed by atoms with Crippen molar-refractivity contribution in [3.8, 4) is 11.5 Å². The SMILES string of the molecule is COc1cc(C(C)=O)ccc1O.O=C(O)C(=O)O. The van der Waals surface area contributed by atoms with Gasteiger partial charge in [-0.1, -0.05) is 0 Å². The van der Waals surface area contributed by atoms with Crippen LogP contribution in [-0.2, 0) is 9.59 Å². The second kappa shape index (κ2) is 6.89. The van der Waals surface area contributed by atoms with Crippen LogP contribution in [0.4, 0.5) is 0 Å². The summed E-state index contributed by atoms with van der Waals surface area (Å²) >= 11 is 0. The van der Waals surface area contributed by atoms with Crippen LogP contribution in [0.5, 0.6) is 11.5 Å². The molecule has 0 radical (unpaired) electrons. The highest BCUT2D eigenvalue weighted by atomic mass is 16.5. The zero-order valence-electron chi connectivity index (χ0n) is 9.71. The number of phenolic OH excluding ortho intramolecular Hbond substituents is 1. The lowest BCUT2D eigenvalue weighted by Gasteiger charge is -2.03. The molecular formula is C11H12O7. The standard InChI is InChI=1S/C9H10O3.C2H2O4/c1-6(10)7-3-4-8(11)9(5-7)12-2;3-1(4)2(5)6/h3-5,11H,1-2H3;(H,3,4)(H,5,6). The highest BCUT2D eigenvalue weighted by molar-refractivity contribution is 6.27. The van der Waals surface area contributed by atoms with Gasteiger partial charge in [0.15, 0.2) is 17.3 Å². The average Bonchev–Trinajstić information content (AvgIpc) is 2.30. The van der Waals surface area contributed by atoms with Crippen molar-refractivity contribution in [2.75, 3.05) is 7.11 Å². The maximum atomic E-state index is 10.9. The van der Waals surface area contributed by atoms with E-state index in [2.05, 4.69) is 0 Å². The van der Waals surface area contributed by atoms with E-state index in [-0.39, 0.29) is 11.5 Å². The third-order valence-electron chi connectivity index (χ3n) is 1.77. The molecular weight excluding hydrogens is 244 g/mol. The summed E-state index contributed by atoms with van der Waals surface area (Å²) in [5.74, 6) is -3.33. The number of ether oxygens (including phenoxy) is 1. The number of carbonyl (C=O) groups excluding carboxylic acids is 1. The lowest BCUT2D eigenvalue weighted by Crippen LogP contribution is -2.09. The van der Waals surface area contributed by atoms with E-state index in [0.29, 0.717) is 11.3 Å². The van der Waals surface area contributed by atoms with Crippen LogP contribution in [0.2, 0.25) is 0 Å².